The summed E-state index contributed by atoms with van der Waals surface area (Å²) in [4.78, 5) is 63.7. The van der Waals surface area contributed by atoms with Crippen molar-refractivity contribution in [3.8, 4) is 0 Å². The van der Waals surface area contributed by atoms with Crippen LogP contribution in [0, 0.1) is 0 Å². The quantitative estimate of drug-likeness (QED) is 0.151. The molecule has 1 atom stereocenters. The molecule has 0 spiro atoms. The topological polar surface area (TPSA) is 171 Å². The van der Waals surface area contributed by atoms with Crippen molar-refractivity contribution >= 4 is 29.6 Å². The van der Waals surface area contributed by atoms with Crippen LogP contribution >= 0.6 is 0 Å². The van der Waals surface area contributed by atoms with Crippen LogP contribution in [-0.2, 0) is 24.0 Å². The molecule has 0 saturated heterocycles. The summed E-state index contributed by atoms with van der Waals surface area (Å²) in [6.07, 6.45) is 0. The third-order valence-electron chi connectivity index (χ3n) is 5.21. The molecular weight excluding hydrogens is 450 g/mol. The number of hydrogen-bond acceptors (Lipinski definition) is 9. The molecule has 0 aromatic rings. The van der Waals surface area contributed by atoms with Gasteiger partial charge in [-0.2, -0.15) is 0 Å². The van der Waals surface area contributed by atoms with Crippen molar-refractivity contribution in [2.24, 2.45) is 0 Å². The summed E-state index contributed by atoms with van der Waals surface area (Å²) in [5.41, 5.74) is 0. The number of carboxylic acid groups (broad SMARTS) is 3. The second-order valence-electron chi connectivity index (χ2n) is 8.20. The van der Waals surface area contributed by atoms with Gasteiger partial charge in [-0.25, -0.2) is 0 Å². The molecule has 1 amide bonds. The van der Waals surface area contributed by atoms with E-state index < -0.39 is 23.9 Å². The summed E-state index contributed by atoms with van der Waals surface area (Å²) in [6, 6.07) is -0.635. The highest BCUT2D eigenvalue weighted by atomic mass is 16.4. The van der Waals surface area contributed by atoms with Crippen LogP contribution in [0.4, 0.5) is 0 Å². The Hall–Kier alpha value is -2.61. The van der Waals surface area contributed by atoms with Gasteiger partial charge in [0.1, 0.15) is 5.78 Å². The van der Waals surface area contributed by atoms with E-state index in [1.807, 2.05) is 11.8 Å². The molecule has 0 heterocycles. The van der Waals surface area contributed by atoms with Gasteiger partial charge in [0.15, 0.2) is 0 Å². The molecule has 13 nitrogen and oxygen atoms in total. The molecule has 1 unspecified atom stereocenters. The highest BCUT2D eigenvalue weighted by Gasteiger charge is 2.23. The summed E-state index contributed by atoms with van der Waals surface area (Å²) in [6.45, 7) is 6.71. The summed E-state index contributed by atoms with van der Waals surface area (Å²) in [5, 5.41) is 29.8. The standard InChI is InChI=1S/C21H39N5O8/c1-5-24(14-19(30)31)8-10-26(17(3)21(34)22-12-16(2)27)11-9-25(15-20(32)33)7-6-23(4)13-18(28)29/h17H,5-15H2,1-4H3,(H,22,34)(H,28,29)(H,30,31)(H,32,33). The van der Waals surface area contributed by atoms with E-state index in [0.29, 0.717) is 45.8 Å². The lowest BCUT2D eigenvalue weighted by Gasteiger charge is -2.32. The molecule has 13 heteroatoms. The third kappa shape index (κ3) is 15.3. The molecule has 0 aliphatic heterocycles. The van der Waals surface area contributed by atoms with Crippen molar-refractivity contribution in [1.29, 1.82) is 0 Å². The summed E-state index contributed by atoms with van der Waals surface area (Å²) < 4.78 is 0. The van der Waals surface area contributed by atoms with Crippen molar-refractivity contribution in [1.82, 2.24) is 24.9 Å². The maximum atomic E-state index is 12.5. The maximum Gasteiger partial charge on any atom is 0.317 e. The van der Waals surface area contributed by atoms with Crippen molar-refractivity contribution in [3.05, 3.63) is 0 Å². The van der Waals surface area contributed by atoms with E-state index in [4.69, 9.17) is 10.2 Å². The van der Waals surface area contributed by atoms with Gasteiger partial charge in [-0.3, -0.25) is 43.6 Å². The van der Waals surface area contributed by atoms with Crippen LogP contribution in [0.1, 0.15) is 20.8 Å². The molecule has 0 aliphatic carbocycles. The predicted octanol–water partition coefficient (Wildman–Crippen LogP) is -1.81. The van der Waals surface area contributed by atoms with E-state index in [9.17, 15) is 29.1 Å². The van der Waals surface area contributed by atoms with Crippen molar-refractivity contribution in [2.45, 2.75) is 26.8 Å². The first-order chi connectivity index (χ1) is 15.8. The molecule has 0 bridgehead atoms. The molecule has 0 saturated carbocycles. The predicted molar refractivity (Wildman–Crippen MR) is 124 cm³/mol. The molecule has 4 N–H and O–H groups in total. The van der Waals surface area contributed by atoms with E-state index in [0.717, 1.165) is 0 Å². The number of carboxylic acids is 3. The van der Waals surface area contributed by atoms with Gasteiger partial charge in [0.2, 0.25) is 5.91 Å². The lowest BCUT2D eigenvalue weighted by molar-refractivity contribution is -0.140. The van der Waals surface area contributed by atoms with E-state index in [1.54, 1.807) is 28.7 Å². The Morgan fingerprint density at radius 3 is 1.71 bits per heavy atom. The van der Waals surface area contributed by atoms with Crippen LogP contribution in [-0.4, -0.2) is 150 Å². The second kappa shape index (κ2) is 16.9. The van der Waals surface area contributed by atoms with Crippen LogP contribution in [0.15, 0.2) is 0 Å². The second-order valence-corrected chi connectivity index (χ2v) is 8.20. The van der Waals surface area contributed by atoms with Crippen LogP contribution in [0.2, 0.25) is 0 Å². The van der Waals surface area contributed by atoms with Crippen LogP contribution in [0.3, 0.4) is 0 Å². The van der Waals surface area contributed by atoms with Crippen molar-refractivity contribution < 1.29 is 39.3 Å². The number of likely N-dealkylation sites (N-methyl/N-ethyl adjacent to an activating group) is 2. The van der Waals surface area contributed by atoms with Gasteiger partial charge in [-0.15, -0.1) is 0 Å². The molecule has 0 aliphatic rings. The van der Waals surface area contributed by atoms with Crippen LogP contribution in [0.25, 0.3) is 0 Å². The SMILES string of the molecule is CCN(CCN(CCN(CCN(C)CC(=O)O)CC(=O)O)C(C)C(=O)NCC(C)=O)CC(=O)O. The number of nitrogens with one attached hydrogen (secondary N) is 1. The Balaban J connectivity index is 5.27. The van der Waals surface area contributed by atoms with Gasteiger partial charge in [0.05, 0.1) is 32.2 Å². The first kappa shape index (κ1) is 31.4. The number of hydrogen-bond donors (Lipinski definition) is 4. The fourth-order valence-electron chi connectivity index (χ4n) is 3.19. The molecule has 0 aromatic heterocycles. The molecule has 34 heavy (non-hydrogen) atoms. The van der Waals surface area contributed by atoms with Gasteiger partial charge in [0, 0.05) is 39.3 Å². The molecule has 196 valence electrons. The first-order valence-corrected chi connectivity index (χ1v) is 11.2. The third-order valence-corrected chi connectivity index (χ3v) is 5.21. The Bertz CT molecular complexity index is 690. The minimum absolute atomic E-state index is 0.0990. The summed E-state index contributed by atoms with van der Waals surface area (Å²) in [5.74, 6) is -3.52. The Morgan fingerprint density at radius 2 is 1.24 bits per heavy atom. The minimum atomic E-state index is -1.03. The van der Waals surface area contributed by atoms with Gasteiger partial charge in [-0.05, 0) is 27.4 Å². The number of amides is 1. The smallest absolute Gasteiger partial charge is 0.317 e. The number of ketones is 1. The first-order valence-electron chi connectivity index (χ1n) is 11.2. The molecule has 0 fully saturated rings. The Morgan fingerprint density at radius 1 is 0.765 bits per heavy atom. The average molecular weight is 490 g/mol. The Labute approximate surface area is 200 Å². The van der Waals surface area contributed by atoms with Gasteiger partial charge < -0.3 is 20.6 Å². The number of carbonyl (C=O) groups is 5. The number of aliphatic carboxylic acids is 3. The van der Waals surface area contributed by atoms with E-state index in [-0.39, 0.29) is 37.9 Å². The Kier molecular flexibility index (Phi) is 15.6. The number of Topliss-reactive ketones (excluding diaryl/α,β-unsaturated/α-hetero) is 1. The van der Waals surface area contributed by atoms with E-state index in [2.05, 4.69) is 5.32 Å². The van der Waals surface area contributed by atoms with Crippen LogP contribution < -0.4 is 5.32 Å². The van der Waals surface area contributed by atoms with Gasteiger partial charge in [-0.1, -0.05) is 6.92 Å². The molecule has 0 rings (SSSR count). The molecule has 0 aromatic carbocycles. The normalized spacial score (nSPS) is 12.4. The highest BCUT2D eigenvalue weighted by Crippen LogP contribution is 2.03. The van der Waals surface area contributed by atoms with Crippen LogP contribution in [0.5, 0.6) is 0 Å². The van der Waals surface area contributed by atoms with E-state index in [1.165, 1.54) is 6.92 Å². The number of carbonyl (C=O) groups excluding carboxylic acids is 2. The lowest BCUT2D eigenvalue weighted by Crippen LogP contribution is -2.51. The number of rotatable bonds is 20. The molecule has 0 radical (unpaired) electrons. The fourth-order valence-corrected chi connectivity index (χ4v) is 3.19. The summed E-state index contributed by atoms with van der Waals surface area (Å²) >= 11 is 0. The highest BCUT2D eigenvalue weighted by molar-refractivity contribution is 5.87. The zero-order valence-electron chi connectivity index (χ0n) is 20.5. The van der Waals surface area contributed by atoms with Crippen molar-refractivity contribution in [3.63, 3.8) is 0 Å². The lowest BCUT2D eigenvalue weighted by atomic mass is 10.2. The summed E-state index contributed by atoms with van der Waals surface area (Å²) in [7, 11) is 1.63. The largest absolute Gasteiger partial charge is 0.480 e. The van der Waals surface area contributed by atoms with Crippen molar-refractivity contribution in [2.75, 3.05) is 79.0 Å². The molecular formula is C21H39N5O8. The van der Waals surface area contributed by atoms with Gasteiger partial charge >= 0.3 is 17.9 Å². The minimum Gasteiger partial charge on any atom is -0.480 e. The zero-order chi connectivity index (χ0) is 26.3. The van der Waals surface area contributed by atoms with E-state index >= 15 is 0 Å². The average Bonchev–Trinajstić information content (AvgIpc) is 2.72. The monoisotopic (exact) mass is 489 g/mol. The number of nitrogens with zero attached hydrogens (tertiary/aromatic N) is 4. The maximum absolute atomic E-state index is 12.5. The fraction of sp³-hybridized carbons (Fsp3) is 0.762. The zero-order valence-corrected chi connectivity index (χ0v) is 20.5. The van der Waals surface area contributed by atoms with Gasteiger partial charge in [0.25, 0.3) is 0 Å².